The number of fused-ring (bicyclic) bond motifs is 3. The zero-order valence-electron chi connectivity index (χ0n) is 12.4. The van der Waals surface area contributed by atoms with Crippen molar-refractivity contribution in [3.8, 4) is 5.75 Å². The number of aliphatic hydroxyl groups excluding tert-OH is 1. The van der Waals surface area contributed by atoms with E-state index >= 15 is 0 Å². The van der Waals surface area contributed by atoms with Gasteiger partial charge in [-0.1, -0.05) is 12.1 Å². The van der Waals surface area contributed by atoms with Crippen LogP contribution < -0.4 is 10.1 Å². The van der Waals surface area contributed by atoms with Crippen LogP contribution in [0.1, 0.15) is 11.9 Å². The molecular weight excluding hydrogens is 306 g/mol. The van der Waals surface area contributed by atoms with Crippen molar-refractivity contribution in [2.75, 3.05) is 13.7 Å². The summed E-state index contributed by atoms with van der Waals surface area (Å²) >= 11 is 0. The molecule has 8 heteroatoms. The van der Waals surface area contributed by atoms with Crippen LogP contribution in [0, 0.1) is 0 Å². The van der Waals surface area contributed by atoms with Gasteiger partial charge < -0.3 is 34.1 Å². The van der Waals surface area contributed by atoms with E-state index in [1.807, 2.05) is 24.3 Å². The highest BCUT2D eigenvalue weighted by Crippen LogP contribution is 2.36. The lowest BCUT2D eigenvalue weighted by atomic mass is 9.96. The van der Waals surface area contributed by atoms with Crippen LogP contribution in [-0.4, -0.2) is 55.6 Å². The Balaban J connectivity index is 1.53. The molecule has 23 heavy (non-hydrogen) atoms. The first-order valence-corrected chi connectivity index (χ1v) is 7.37. The summed E-state index contributed by atoms with van der Waals surface area (Å²) in [7, 11) is 1.60. The summed E-state index contributed by atoms with van der Waals surface area (Å²) in [6.45, 7) is 0.235. The fourth-order valence-corrected chi connectivity index (χ4v) is 3.11. The maximum absolute atomic E-state index is 11.5. The van der Waals surface area contributed by atoms with Crippen LogP contribution in [0.3, 0.4) is 0 Å². The first-order valence-electron chi connectivity index (χ1n) is 7.37. The number of benzene rings is 1. The van der Waals surface area contributed by atoms with Crippen molar-refractivity contribution in [3.63, 3.8) is 0 Å². The Morgan fingerprint density at radius 2 is 2.00 bits per heavy atom. The van der Waals surface area contributed by atoms with E-state index in [9.17, 15) is 9.90 Å². The minimum Gasteiger partial charge on any atom is -0.497 e. The average Bonchev–Trinajstić information content (AvgIpc) is 2.97. The zero-order chi connectivity index (χ0) is 16.0. The summed E-state index contributed by atoms with van der Waals surface area (Å²) < 4.78 is 27.4. The number of rotatable bonds is 2. The third kappa shape index (κ3) is 2.53. The molecule has 0 saturated carbocycles. The molecule has 3 aliphatic rings. The summed E-state index contributed by atoms with van der Waals surface area (Å²) in [6.07, 6.45) is -3.93. The lowest BCUT2D eigenvalue weighted by molar-refractivity contribution is -0.330. The smallest absolute Gasteiger partial charge is 0.408 e. The molecule has 2 N–H and O–H groups in total. The number of ether oxygens (including phenoxy) is 5. The van der Waals surface area contributed by atoms with Crippen LogP contribution in [0.15, 0.2) is 24.3 Å². The van der Waals surface area contributed by atoms with Gasteiger partial charge in [0, 0.05) is 5.56 Å². The number of methoxy groups -OCH3 is 1. The predicted octanol–water partition coefficient (Wildman–Crippen LogP) is 0.303. The molecule has 0 radical (unpaired) electrons. The van der Waals surface area contributed by atoms with Crippen LogP contribution in [0.25, 0.3) is 0 Å². The molecule has 1 unspecified atom stereocenters. The second kappa shape index (κ2) is 5.64. The third-order valence-electron chi connectivity index (χ3n) is 4.27. The molecule has 6 atom stereocenters. The quantitative estimate of drug-likeness (QED) is 0.808. The van der Waals surface area contributed by atoms with Gasteiger partial charge in [-0.05, 0) is 12.1 Å². The van der Waals surface area contributed by atoms with Gasteiger partial charge >= 0.3 is 6.09 Å². The Bertz CT molecular complexity index is 592. The monoisotopic (exact) mass is 323 g/mol. The van der Waals surface area contributed by atoms with Crippen molar-refractivity contribution in [3.05, 3.63) is 29.8 Å². The van der Waals surface area contributed by atoms with Crippen LogP contribution in [0.2, 0.25) is 0 Å². The molecule has 3 aliphatic heterocycles. The molecular formula is C15H17NO7. The van der Waals surface area contributed by atoms with Gasteiger partial charge in [-0.3, -0.25) is 0 Å². The first-order chi connectivity index (χ1) is 11.2. The van der Waals surface area contributed by atoms with Gasteiger partial charge in [-0.15, -0.1) is 0 Å². The second-order valence-electron chi connectivity index (χ2n) is 5.64. The Kier molecular flexibility index (Phi) is 3.61. The molecule has 0 aliphatic carbocycles. The number of nitrogens with one attached hydrogen (secondary N) is 1. The fraction of sp³-hybridized carbons (Fsp3) is 0.533. The largest absolute Gasteiger partial charge is 0.497 e. The molecule has 124 valence electrons. The summed E-state index contributed by atoms with van der Waals surface area (Å²) in [4.78, 5) is 11.5. The number of alkyl carbamates (subject to hydrolysis) is 1. The van der Waals surface area contributed by atoms with E-state index in [0.29, 0.717) is 0 Å². The molecule has 1 amide bonds. The molecule has 8 nitrogen and oxygen atoms in total. The van der Waals surface area contributed by atoms with Gasteiger partial charge in [0.2, 0.25) is 0 Å². The summed E-state index contributed by atoms with van der Waals surface area (Å²) in [5.74, 6) is 0.737. The van der Waals surface area contributed by atoms with E-state index in [2.05, 4.69) is 5.32 Å². The number of carbonyl (C=O) groups excluding carboxylic acids is 1. The standard InChI is InChI=1S/C15H17NO7/c1-19-8-4-2-7(3-5-8)14-20-6-9-11(22-14)12-10(13(17)21-9)16-15(18)23-12/h2-5,9-14,17H,6H2,1H3,(H,16,18)/t9-,10+,11-,12-,13+,14?/m1/s1. The Hall–Kier alpha value is -1.87. The molecule has 0 bridgehead atoms. The highest BCUT2D eigenvalue weighted by atomic mass is 16.7. The predicted molar refractivity (Wildman–Crippen MR) is 74.6 cm³/mol. The Morgan fingerprint density at radius 3 is 2.74 bits per heavy atom. The molecule has 3 saturated heterocycles. The van der Waals surface area contributed by atoms with Crippen LogP contribution in [-0.2, 0) is 18.9 Å². The lowest BCUT2D eigenvalue weighted by Gasteiger charge is -2.44. The van der Waals surface area contributed by atoms with E-state index in [4.69, 9.17) is 23.7 Å². The third-order valence-corrected chi connectivity index (χ3v) is 4.27. The van der Waals surface area contributed by atoms with Crippen LogP contribution in [0.5, 0.6) is 5.75 Å². The highest BCUT2D eigenvalue weighted by molar-refractivity contribution is 5.70. The highest BCUT2D eigenvalue weighted by Gasteiger charge is 2.55. The minimum absolute atomic E-state index is 0.235. The Morgan fingerprint density at radius 1 is 1.22 bits per heavy atom. The van der Waals surface area contributed by atoms with Gasteiger partial charge in [-0.25, -0.2) is 4.79 Å². The van der Waals surface area contributed by atoms with Crippen molar-refractivity contribution in [1.29, 1.82) is 0 Å². The van der Waals surface area contributed by atoms with E-state index in [1.165, 1.54) is 0 Å². The van der Waals surface area contributed by atoms with Crippen LogP contribution >= 0.6 is 0 Å². The molecule has 3 fully saturated rings. The average molecular weight is 323 g/mol. The van der Waals surface area contributed by atoms with Gasteiger partial charge in [-0.2, -0.15) is 0 Å². The zero-order valence-corrected chi connectivity index (χ0v) is 12.4. The molecule has 4 rings (SSSR count). The maximum Gasteiger partial charge on any atom is 0.408 e. The molecule has 1 aromatic carbocycles. The molecule has 3 heterocycles. The van der Waals surface area contributed by atoms with Crippen molar-refractivity contribution >= 4 is 6.09 Å². The number of hydrogen-bond donors (Lipinski definition) is 2. The summed E-state index contributed by atoms with van der Waals surface area (Å²) in [6, 6.07) is 6.68. The second-order valence-corrected chi connectivity index (χ2v) is 5.64. The van der Waals surface area contributed by atoms with Crippen molar-refractivity contribution in [2.45, 2.75) is 36.9 Å². The normalized spacial score (nSPS) is 39.0. The number of hydrogen-bond acceptors (Lipinski definition) is 7. The van der Waals surface area contributed by atoms with E-state index in [-0.39, 0.29) is 6.61 Å². The van der Waals surface area contributed by atoms with Gasteiger partial charge in [0.1, 0.15) is 24.0 Å². The maximum atomic E-state index is 11.5. The first kappa shape index (κ1) is 14.7. The molecule has 1 aromatic rings. The van der Waals surface area contributed by atoms with Gasteiger partial charge in [0.05, 0.1) is 13.7 Å². The van der Waals surface area contributed by atoms with E-state index in [1.54, 1.807) is 7.11 Å². The topological polar surface area (TPSA) is 95.5 Å². The molecule has 0 aromatic heterocycles. The number of carbonyl (C=O) groups is 1. The van der Waals surface area contributed by atoms with Gasteiger partial charge in [0.25, 0.3) is 0 Å². The van der Waals surface area contributed by atoms with Crippen molar-refractivity contribution < 1.29 is 33.6 Å². The number of aliphatic hydroxyl groups is 1. The molecule has 0 spiro atoms. The number of amides is 1. The van der Waals surface area contributed by atoms with Crippen LogP contribution in [0.4, 0.5) is 4.79 Å². The van der Waals surface area contributed by atoms with E-state index < -0.39 is 43.0 Å². The summed E-state index contributed by atoms with van der Waals surface area (Å²) in [5, 5.41) is 12.5. The SMILES string of the molecule is COc1ccc(C2OC[C@H]3O[C@H](O)[C@H]4NC(=O)O[C@H]4[C@@H]3O2)cc1. The van der Waals surface area contributed by atoms with Crippen molar-refractivity contribution in [1.82, 2.24) is 5.32 Å². The Labute approximate surface area is 132 Å². The lowest BCUT2D eigenvalue weighted by Crippen LogP contribution is -2.62. The summed E-state index contributed by atoms with van der Waals surface area (Å²) in [5.41, 5.74) is 0.823. The van der Waals surface area contributed by atoms with Crippen molar-refractivity contribution in [2.24, 2.45) is 0 Å². The van der Waals surface area contributed by atoms with Gasteiger partial charge in [0.15, 0.2) is 18.7 Å². The minimum atomic E-state index is -1.14. The van der Waals surface area contributed by atoms with E-state index in [0.717, 1.165) is 11.3 Å². The fourth-order valence-electron chi connectivity index (χ4n) is 3.11.